The number of urea groups is 1. The quantitative estimate of drug-likeness (QED) is 0.288. The van der Waals surface area contributed by atoms with E-state index in [1.54, 1.807) is 6.92 Å². The molecule has 0 saturated carbocycles. The van der Waals surface area contributed by atoms with Gasteiger partial charge in [-0.05, 0) is 31.7 Å². The van der Waals surface area contributed by atoms with Crippen LogP contribution in [0.15, 0.2) is 15.7 Å². The van der Waals surface area contributed by atoms with E-state index in [0.717, 1.165) is 24.8 Å². The van der Waals surface area contributed by atoms with E-state index in [0.29, 0.717) is 19.5 Å². The molecule has 2 amide bonds. The number of carbonyl (C=O) groups excluding carboxylic acids is 2. The average molecular weight is 401 g/mol. The Morgan fingerprint density at radius 1 is 1.11 bits per heavy atom. The molecule has 0 spiro atoms. The fourth-order valence-electron chi connectivity index (χ4n) is 2.19. The number of nitrogens with one attached hydrogen (secondary N) is 3. The van der Waals surface area contributed by atoms with Gasteiger partial charge in [-0.3, -0.25) is 28.9 Å². The molecule has 3 N–H and O–H groups in total. The van der Waals surface area contributed by atoms with Gasteiger partial charge in [-0.1, -0.05) is 20.3 Å². The summed E-state index contributed by atoms with van der Waals surface area (Å²) in [6.07, 6.45) is 2.28. The molecule has 0 atom stereocenters. The molecule has 0 fully saturated rings. The summed E-state index contributed by atoms with van der Waals surface area (Å²) in [5.74, 6) is -0.268. The van der Waals surface area contributed by atoms with E-state index in [4.69, 9.17) is 4.74 Å². The van der Waals surface area contributed by atoms with Crippen molar-refractivity contribution < 1.29 is 14.3 Å². The molecule has 0 unspecified atom stereocenters. The lowest BCUT2D eigenvalue weighted by molar-refractivity contribution is -0.139. The normalized spacial score (nSPS) is 10.3. The molecule has 1 aromatic rings. The summed E-state index contributed by atoms with van der Waals surface area (Å²) in [5.41, 5.74) is 4.09. The summed E-state index contributed by atoms with van der Waals surface area (Å²) >= 11 is 0.867. The smallest absolute Gasteiger partial charge is 0.343 e. The van der Waals surface area contributed by atoms with Crippen LogP contribution in [0.5, 0.6) is 0 Å². The molecule has 0 bridgehead atoms. The molecule has 1 aromatic heterocycles. The minimum atomic E-state index is -0.628. The molecule has 27 heavy (non-hydrogen) atoms. The minimum absolute atomic E-state index is 0.0322. The maximum atomic E-state index is 12.6. The minimum Gasteiger partial charge on any atom is -0.465 e. The molecular weight excluding hydrogens is 374 g/mol. The van der Waals surface area contributed by atoms with Crippen LogP contribution in [0.2, 0.25) is 0 Å². The fourth-order valence-corrected chi connectivity index (χ4v) is 2.65. The number of carbonyl (C=O) groups is 2. The number of ether oxygens (including phenoxy) is 1. The molecule has 10 nitrogen and oxygen atoms in total. The van der Waals surface area contributed by atoms with E-state index in [-0.39, 0.29) is 18.2 Å². The van der Waals surface area contributed by atoms with Crippen molar-refractivity contribution in [2.24, 2.45) is 0 Å². The van der Waals surface area contributed by atoms with Crippen molar-refractivity contribution in [2.45, 2.75) is 53.1 Å². The third-order valence-corrected chi connectivity index (χ3v) is 4.14. The third-order valence-electron chi connectivity index (χ3n) is 3.43. The van der Waals surface area contributed by atoms with Crippen molar-refractivity contribution in [2.75, 3.05) is 17.8 Å². The second-order valence-corrected chi connectivity index (χ2v) is 6.36. The van der Waals surface area contributed by atoms with Crippen LogP contribution in [0.4, 0.5) is 10.6 Å². The molecular formula is C16H27N5O5S. The highest BCUT2D eigenvalue weighted by Crippen LogP contribution is 2.03. The van der Waals surface area contributed by atoms with Crippen molar-refractivity contribution in [1.29, 1.82) is 0 Å². The molecule has 0 radical (unpaired) electrons. The van der Waals surface area contributed by atoms with E-state index >= 15 is 0 Å². The predicted octanol–water partition coefficient (Wildman–Crippen LogP) is 1.06. The van der Waals surface area contributed by atoms with Gasteiger partial charge in [-0.2, -0.15) is 0 Å². The SMILES string of the molecule is CCCCn1c(NNC(=O)NSCC(=O)OCC)cc(=O)n(CCC)c1=O. The first-order valence-electron chi connectivity index (χ1n) is 8.88. The van der Waals surface area contributed by atoms with E-state index in [1.807, 2.05) is 13.8 Å². The number of aromatic nitrogens is 2. The molecule has 0 saturated heterocycles. The molecule has 1 heterocycles. The van der Waals surface area contributed by atoms with Gasteiger partial charge in [0, 0.05) is 19.2 Å². The molecule has 0 aliphatic heterocycles. The summed E-state index contributed by atoms with van der Waals surface area (Å²) in [6.45, 7) is 6.59. The maximum absolute atomic E-state index is 12.6. The summed E-state index contributed by atoms with van der Waals surface area (Å²) < 4.78 is 9.74. The molecule has 0 aromatic carbocycles. The Labute approximate surface area is 161 Å². The van der Waals surface area contributed by atoms with Gasteiger partial charge in [0.1, 0.15) is 11.6 Å². The van der Waals surface area contributed by atoms with Crippen LogP contribution in [0.1, 0.15) is 40.0 Å². The maximum Gasteiger partial charge on any atom is 0.343 e. The summed E-state index contributed by atoms with van der Waals surface area (Å²) in [4.78, 5) is 47.7. The monoisotopic (exact) mass is 401 g/mol. The predicted molar refractivity (Wildman–Crippen MR) is 105 cm³/mol. The molecule has 0 aliphatic carbocycles. The van der Waals surface area contributed by atoms with Crippen LogP contribution in [0, 0.1) is 0 Å². The lowest BCUT2D eigenvalue weighted by atomic mass is 10.3. The average Bonchev–Trinajstić information content (AvgIpc) is 2.63. The van der Waals surface area contributed by atoms with Crippen molar-refractivity contribution in [3.8, 4) is 0 Å². The fraction of sp³-hybridized carbons (Fsp3) is 0.625. The van der Waals surface area contributed by atoms with E-state index in [2.05, 4.69) is 15.6 Å². The molecule has 0 aliphatic rings. The van der Waals surface area contributed by atoms with Gasteiger partial charge in [0.2, 0.25) is 0 Å². The lowest BCUT2D eigenvalue weighted by Gasteiger charge is -2.16. The number of esters is 1. The number of hydrogen-bond donors (Lipinski definition) is 3. The van der Waals surface area contributed by atoms with Gasteiger partial charge in [0.25, 0.3) is 5.56 Å². The number of amides is 2. The first-order valence-corrected chi connectivity index (χ1v) is 9.87. The third kappa shape index (κ3) is 7.37. The zero-order valence-corrected chi connectivity index (χ0v) is 16.7. The van der Waals surface area contributed by atoms with Crippen LogP contribution in [-0.2, 0) is 22.6 Å². The first kappa shape index (κ1) is 22.6. The Hall–Kier alpha value is -2.43. The second-order valence-electron chi connectivity index (χ2n) is 5.58. The van der Waals surface area contributed by atoms with Gasteiger partial charge in [-0.25, -0.2) is 15.0 Å². The Bertz CT molecular complexity index is 746. The van der Waals surface area contributed by atoms with Crippen molar-refractivity contribution >= 4 is 29.8 Å². The number of rotatable bonds is 11. The summed E-state index contributed by atoms with van der Waals surface area (Å²) in [5, 5.41) is 0. The Morgan fingerprint density at radius 3 is 2.48 bits per heavy atom. The van der Waals surface area contributed by atoms with Gasteiger partial charge < -0.3 is 4.74 Å². The molecule has 11 heteroatoms. The van der Waals surface area contributed by atoms with Crippen molar-refractivity contribution in [3.63, 3.8) is 0 Å². The van der Waals surface area contributed by atoms with Crippen molar-refractivity contribution in [3.05, 3.63) is 26.9 Å². The molecule has 152 valence electrons. The Kier molecular flexibility index (Phi) is 10.1. The van der Waals surface area contributed by atoms with E-state index < -0.39 is 23.2 Å². The summed E-state index contributed by atoms with van der Waals surface area (Å²) in [6, 6.07) is 0.648. The topological polar surface area (TPSA) is 123 Å². The van der Waals surface area contributed by atoms with Crippen LogP contribution < -0.4 is 26.8 Å². The van der Waals surface area contributed by atoms with Gasteiger partial charge in [0.15, 0.2) is 0 Å². The van der Waals surface area contributed by atoms with Crippen LogP contribution in [-0.4, -0.2) is 33.5 Å². The van der Waals surface area contributed by atoms with Crippen LogP contribution in [0.25, 0.3) is 0 Å². The highest BCUT2D eigenvalue weighted by atomic mass is 32.2. The van der Waals surface area contributed by atoms with Gasteiger partial charge in [-0.15, -0.1) is 0 Å². The highest BCUT2D eigenvalue weighted by molar-refractivity contribution is 7.98. The second kappa shape index (κ2) is 12.0. The van der Waals surface area contributed by atoms with E-state index in [9.17, 15) is 19.2 Å². The standard InChI is InChI=1S/C16H27N5O5S/c1-4-7-9-20-12(10-13(22)21(8-5-2)16(20)25)17-18-15(24)19-27-11-14(23)26-6-3/h10,17H,4-9,11H2,1-3H3,(H2,18,19,24). The number of nitrogens with zero attached hydrogens (tertiary/aromatic N) is 2. The van der Waals surface area contributed by atoms with Crippen LogP contribution >= 0.6 is 11.9 Å². The van der Waals surface area contributed by atoms with E-state index in [1.165, 1.54) is 15.2 Å². The Balaban J connectivity index is 2.78. The van der Waals surface area contributed by atoms with Crippen molar-refractivity contribution in [1.82, 2.24) is 19.3 Å². The highest BCUT2D eigenvalue weighted by Gasteiger charge is 2.12. The zero-order chi connectivity index (χ0) is 20.2. The number of hydrogen-bond acceptors (Lipinski definition) is 7. The first-order chi connectivity index (χ1) is 12.9. The van der Waals surface area contributed by atoms with Gasteiger partial charge in [0.05, 0.1) is 6.61 Å². The molecule has 1 rings (SSSR count). The zero-order valence-electron chi connectivity index (χ0n) is 15.9. The number of unbranched alkanes of at least 4 members (excludes halogenated alkanes) is 1. The largest absolute Gasteiger partial charge is 0.465 e. The lowest BCUT2D eigenvalue weighted by Crippen LogP contribution is -2.43. The number of anilines is 1. The summed E-state index contributed by atoms with van der Waals surface area (Å²) in [7, 11) is 0. The van der Waals surface area contributed by atoms with Crippen LogP contribution in [0.3, 0.4) is 0 Å². The Morgan fingerprint density at radius 2 is 1.85 bits per heavy atom. The van der Waals surface area contributed by atoms with Gasteiger partial charge >= 0.3 is 17.7 Å². The number of hydrazine groups is 1.